The highest BCUT2D eigenvalue weighted by atomic mass is 35.5. The quantitative estimate of drug-likeness (QED) is 0.906. The summed E-state index contributed by atoms with van der Waals surface area (Å²) in [5.74, 6) is 0. The van der Waals surface area contributed by atoms with Crippen LogP contribution >= 0.6 is 24.0 Å². The summed E-state index contributed by atoms with van der Waals surface area (Å²) in [4.78, 5) is 0.235. The molecule has 0 radical (unpaired) electrons. The maximum Gasteiger partial charge on any atom is 0.244 e. The van der Waals surface area contributed by atoms with E-state index in [2.05, 4.69) is 12.2 Å². The van der Waals surface area contributed by atoms with Gasteiger partial charge in [-0.3, -0.25) is 0 Å². The predicted octanol–water partition coefficient (Wildman–Crippen LogP) is 2.70. The van der Waals surface area contributed by atoms with E-state index in [9.17, 15) is 8.42 Å². The largest absolute Gasteiger partial charge is 0.312 e. The van der Waals surface area contributed by atoms with Gasteiger partial charge < -0.3 is 5.32 Å². The van der Waals surface area contributed by atoms with Crippen LogP contribution in [-0.2, 0) is 16.4 Å². The molecule has 1 fully saturated rings. The molecule has 1 aromatic rings. The zero-order valence-electron chi connectivity index (χ0n) is 12.3. The van der Waals surface area contributed by atoms with E-state index >= 15 is 0 Å². The number of aryl methyl sites for hydroxylation is 1. The van der Waals surface area contributed by atoms with Gasteiger partial charge >= 0.3 is 0 Å². The van der Waals surface area contributed by atoms with Gasteiger partial charge in [0.05, 0.1) is 5.02 Å². The van der Waals surface area contributed by atoms with Crippen molar-refractivity contribution in [3.05, 3.63) is 28.8 Å². The van der Waals surface area contributed by atoms with Crippen LogP contribution < -0.4 is 5.32 Å². The van der Waals surface area contributed by atoms with Gasteiger partial charge in [-0.2, -0.15) is 4.31 Å². The lowest BCUT2D eigenvalue weighted by atomic mass is 10.1. The van der Waals surface area contributed by atoms with E-state index in [1.54, 1.807) is 12.1 Å². The first kappa shape index (κ1) is 18.7. The van der Waals surface area contributed by atoms with Crippen LogP contribution in [0.4, 0.5) is 0 Å². The third-order valence-electron chi connectivity index (χ3n) is 3.48. The average Bonchev–Trinajstić information content (AvgIpc) is 2.41. The van der Waals surface area contributed by atoms with Crippen LogP contribution in [0.3, 0.4) is 0 Å². The average molecular weight is 353 g/mol. The number of nitrogens with zero attached hydrogens (tertiary/aromatic N) is 1. The van der Waals surface area contributed by atoms with Gasteiger partial charge in [0.2, 0.25) is 10.0 Å². The summed E-state index contributed by atoms with van der Waals surface area (Å²) < 4.78 is 27.0. The summed E-state index contributed by atoms with van der Waals surface area (Å²) in [5.41, 5.74) is 1.01. The summed E-state index contributed by atoms with van der Waals surface area (Å²) in [6, 6.07) is 5.46. The van der Waals surface area contributed by atoms with E-state index in [4.69, 9.17) is 11.6 Å². The fourth-order valence-corrected chi connectivity index (χ4v) is 4.50. The molecule has 1 aliphatic heterocycles. The minimum absolute atomic E-state index is 0. The Hall–Kier alpha value is -0.330. The van der Waals surface area contributed by atoms with Crippen molar-refractivity contribution in [1.29, 1.82) is 0 Å². The van der Waals surface area contributed by atoms with Crippen LogP contribution in [0.5, 0.6) is 0 Å². The third-order valence-corrected chi connectivity index (χ3v) is 5.83. The zero-order chi connectivity index (χ0) is 14.8. The third kappa shape index (κ3) is 4.33. The normalized spacial score (nSPS) is 20.0. The lowest BCUT2D eigenvalue weighted by Gasteiger charge is -2.31. The van der Waals surface area contributed by atoms with Gasteiger partial charge in [0.25, 0.3) is 0 Å². The molecule has 1 heterocycles. The van der Waals surface area contributed by atoms with Gasteiger partial charge in [-0.25, -0.2) is 8.42 Å². The summed E-state index contributed by atoms with van der Waals surface area (Å²) in [6.07, 6.45) is 1.84. The Labute approximate surface area is 138 Å². The van der Waals surface area contributed by atoms with E-state index in [0.717, 1.165) is 18.4 Å². The van der Waals surface area contributed by atoms with Crippen LogP contribution in [0.2, 0.25) is 5.02 Å². The topological polar surface area (TPSA) is 49.4 Å². The highest BCUT2D eigenvalue weighted by molar-refractivity contribution is 7.89. The maximum atomic E-state index is 12.7. The molecule has 0 bridgehead atoms. The fourth-order valence-electron chi connectivity index (χ4n) is 2.44. The van der Waals surface area contributed by atoms with E-state index in [1.807, 2.05) is 13.0 Å². The summed E-state index contributed by atoms with van der Waals surface area (Å²) in [7, 11) is -3.51. The van der Waals surface area contributed by atoms with Crippen LogP contribution in [0, 0.1) is 0 Å². The molecule has 1 N–H and O–H groups in total. The number of hydrogen-bond donors (Lipinski definition) is 1. The minimum Gasteiger partial charge on any atom is -0.312 e. The minimum atomic E-state index is -3.51. The molecule has 0 unspecified atom stereocenters. The maximum absolute atomic E-state index is 12.7. The molecule has 1 aliphatic rings. The van der Waals surface area contributed by atoms with Crippen LogP contribution in [0.15, 0.2) is 23.1 Å². The van der Waals surface area contributed by atoms with Crippen molar-refractivity contribution in [2.45, 2.75) is 37.6 Å². The molecule has 0 aromatic heterocycles. The molecule has 0 spiro atoms. The highest BCUT2D eigenvalue weighted by Gasteiger charge is 2.30. The Balaban J connectivity index is 0.00000220. The van der Waals surface area contributed by atoms with E-state index in [1.165, 1.54) is 4.31 Å². The predicted molar refractivity (Wildman–Crippen MR) is 88.9 cm³/mol. The number of nitrogens with one attached hydrogen (secondary N) is 1. The first-order valence-corrected chi connectivity index (χ1v) is 8.79. The highest BCUT2D eigenvalue weighted by Crippen LogP contribution is 2.27. The molecular weight excluding hydrogens is 331 g/mol. The molecule has 0 amide bonds. The number of piperazine rings is 1. The van der Waals surface area contributed by atoms with Gasteiger partial charge in [0.15, 0.2) is 0 Å². The molecule has 1 aromatic carbocycles. The molecule has 120 valence electrons. The van der Waals surface area contributed by atoms with Gasteiger partial charge in [-0.05, 0) is 31.0 Å². The summed E-state index contributed by atoms with van der Waals surface area (Å²) in [5, 5.41) is 3.54. The van der Waals surface area contributed by atoms with Crippen molar-refractivity contribution in [2.75, 3.05) is 19.6 Å². The monoisotopic (exact) mass is 352 g/mol. The van der Waals surface area contributed by atoms with Crippen molar-refractivity contribution >= 4 is 34.0 Å². The number of benzene rings is 1. The standard InChI is InChI=1S/C14H21ClN2O2S.ClH/c1-3-4-12-5-6-13(15)14(9-12)20(18,19)17-8-7-16-11(2)10-17;/h5-6,9,11,16H,3-4,7-8,10H2,1-2H3;1H/t11-;/m1./s1. The Kier molecular flexibility index (Phi) is 6.94. The molecule has 0 saturated carbocycles. The van der Waals surface area contributed by atoms with Crippen molar-refractivity contribution < 1.29 is 8.42 Å². The Bertz CT molecular complexity index is 578. The van der Waals surface area contributed by atoms with Crippen molar-refractivity contribution in [3.63, 3.8) is 0 Å². The Morgan fingerprint density at radius 2 is 2.14 bits per heavy atom. The van der Waals surface area contributed by atoms with Crippen molar-refractivity contribution in [2.24, 2.45) is 0 Å². The Morgan fingerprint density at radius 3 is 2.76 bits per heavy atom. The molecule has 2 rings (SSSR count). The van der Waals surface area contributed by atoms with Crippen LogP contribution in [-0.4, -0.2) is 38.4 Å². The lowest BCUT2D eigenvalue weighted by Crippen LogP contribution is -2.51. The van der Waals surface area contributed by atoms with Gasteiger partial charge in [-0.15, -0.1) is 12.4 Å². The number of halogens is 2. The number of rotatable bonds is 4. The van der Waals surface area contributed by atoms with Crippen molar-refractivity contribution in [1.82, 2.24) is 9.62 Å². The first-order valence-electron chi connectivity index (χ1n) is 6.97. The summed E-state index contributed by atoms with van der Waals surface area (Å²) in [6.45, 7) is 5.70. The van der Waals surface area contributed by atoms with Gasteiger partial charge in [0.1, 0.15) is 4.90 Å². The number of hydrogen-bond acceptors (Lipinski definition) is 3. The first-order chi connectivity index (χ1) is 9.45. The zero-order valence-corrected chi connectivity index (χ0v) is 14.7. The fraction of sp³-hybridized carbons (Fsp3) is 0.571. The molecular formula is C14H22Cl2N2O2S. The second-order valence-corrected chi connectivity index (χ2v) is 7.55. The van der Waals surface area contributed by atoms with Crippen molar-refractivity contribution in [3.8, 4) is 0 Å². The molecule has 7 heteroatoms. The summed E-state index contributed by atoms with van der Waals surface area (Å²) >= 11 is 6.12. The van der Waals surface area contributed by atoms with E-state index in [0.29, 0.717) is 24.7 Å². The molecule has 1 atom stereocenters. The van der Waals surface area contributed by atoms with Gasteiger partial charge in [-0.1, -0.05) is 31.0 Å². The SMILES string of the molecule is CCCc1ccc(Cl)c(S(=O)(=O)N2CCN[C@H](C)C2)c1.Cl. The number of sulfonamides is 1. The molecule has 4 nitrogen and oxygen atoms in total. The lowest BCUT2D eigenvalue weighted by molar-refractivity contribution is 0.310. The Morgan fingerprint density at radius 1 is 1.43 bits per heavy atom. The molecule has 0 aliphatic carbocycles. The van der Waals surface area contributed by atoms with E-state index < -0.39 is 10.0 Å². The van der Waals surface area contributed by atoms with Gasteiger partial charge in [0, 0.05) is 25.7 Å². The second-order valence-electron chi connectivity index (χ2n) is 5.23. The van der Waals surface area contributed by atoms with Crippen LogP contribution in [0.25, 0.3) is 0 Å². The second kappa shape index (κ2) is 7.79. The molecule has 21 heavy (non-hydrogen) atoms. The smallest absolute Gasteiger partial charge is 0.244 e. The molecule has 1 saturated heterocycles. The van der Waals surface area contributed by atoms with E-state index in [-0.39, 0.29) is 23.3 Å². The van der Waals surface area contributed by atoms with Crippen LogP contribution in [0.1, 0.15) is 25.8 Å².